The first-order valence-corrected chi connectivity index (χ1v) is 5.81. The lowest BCUT2D eigenvalue weighted by Gasteiger charge is -2.26. The van der Waals surface area contributed by atoms with Crippen LogP contribution in [0, 0.1) is 0 Å². The highest BCUT2D eigenvalue weighted by Crippen LogP contribution is 2.20. The molecule has 1 rings (SSSR count). The molecule has 0 spiro atoms. The third kappa shape index (κ3) is 4.65. The van der Waals surface area contributed by atoms with E-state index in [1.165, 1.54) is 14.2 Å². The van der Waals surface area contributed by atoms with Crippen LogP contribution in [0.3, 0.4) is 0 Å². The van der Waals surface area contributed by atoms with E-state index in [9.17, 15) is 9.59 Å². The van der Waals surface area contributed by atoms with Crippen LogP contribution < -0.4 is 0 Å². The molecule has 0 aromatic carbocycles. The molecule has 1 aliphatic rings. The standard InChI is InChI=1S/C12H18O6/c1-15-11(13)17-9-7-5-3-4-6-8-10(9)18-12(14)16-2/h3,5,9-10H,4,6-8H2,1-2H3/b5-3-. The van der Waals surface area contributed by atoms with Gasteiger partial charge in [0.25, 0.3) is 0 Å². The first kappa shape index (κ1) is 14.3. The van der Waals surface area contributed by atoms with E-state index in [1.54, 1.807) is 0 Å². The second-order valence-corrected chi connectivity index (χ2v) is 3.86. The molecule has 0 heterocycles. The highest BCUT2D eigenvalue weighted by atomic mass is 16.7. The predicted octanol–water partition coefficient (Wildman–Crippen LogP) is 2.42. The van der Waals surface area contributed by atoms with Crippen molar-refractivity contribution in [3.8, 4) is 0 Å². The van der Waals surface area contributed by atoms with E-state index in [-0.39, 0.29) is 0 Å². The minimum atomic E-state index is -0.785. The molecule has 2 unspecified atom stereocenters. The minimum absolute atomic E-state index is 0.483. The molecular formula is C12H18O6. The fourth-order valence-electron chi connectivity index (χ4n) is 1.72. The number of ether oxygens (including phenoxy) is 4. The van der Waals surface area contributed by atoms with Crippen molar-refractivity contribution in [2.24, 2.45) is 0 Å². The zero-order valence-electron chi connectivity index (χ0n) is 10.6. The molecule has 102 valence electrons. The Balaban J connectivity index is 2.67. The molecule has 18 heavy (non-hydrogen) atoms. The van der Waals surface area contributed by atoms with Gasteiger partial charge in [0, 0.05) is 6.42 Å². The molecule has 6 nitrogen and oxygen atoms in total. The number of hydrogen-bond acceptors (Lipinski definition) is 6. The number of carbonyl (C=O) groups excluding carboxylic acids is 2. The van der Waals surface area contributed by atoms with E-state index < -0.39 is 24.5 Å². The van der Waals surface area contributed by atoms with Gasteiger partial charge in [-0.3, -0.25) is 0 Å². The van der Waals surface area contributed by atoms with Gasteiger partial charge in [0.2, 0.25) is 0 Å². The summed E-state index contributed by atoms with van der Waals surface area (Å²) in [5, 5.41) is 0. The topological polar surface area (TPSA) is 71.1 Å². The molecule has 0 aromatic rings. The van der Waals surface area contributed by atoms with Gasteiger partial charge < -0.3 is 18.9 Å². The first-order valence-electron chi connectivity index (χ1n) is 5.81. The average Bonchev–Trinajstić information content (AvgIpc) is 2.36. The van der Waals surface area contributed by atoms with E-state index >= 15 is 0 Å². The Kier molecular flexibility index (Phi) is 6.04. The fraction of sp³-hybridized carbons (Fsp3) is 0.667. The van der Waals surface area contributed by atoms with Crippen molar-refractivity contribution in [3.05, 3.63) is 12.2 Å². The van der Waals surface area contributed by atoms with E-state index in [0.717, 1.165) is 12.8 Å². The van der Waals surface area contributed by atoms with E-state index in [1.807, 2.05) is 12.2 Å². The third-order valence-corrected chi connectivity index (χ3v) is 2.64. The Labute approximate surface area is 106 Å². The van der Waals surface area contributed by atoms with Crippen LogP contribution in [0.5, 0.6) is 0 Å². The van der Waals surface area contributed by atoms with Gasteiger partial charge in [-0.05, 0) is 19.3 Å². The first-order chi connectivity index (χ1) is 8.67. The molecule has 6 heteroatoms. The Bertz CT molecular complexity index is 312. The van der Waals surface area contributed by atoms with Crippen LogP contribution in [-0.4, -0.2) is 38.7 Å². The minimum Gasteiger partial charge on any atom is -0.438 e. The quantitative estimate of drug-likeness (QED) is 0.559. The SMILES string of the molecule is COC(=O)OC1C/C=C\CCCC1OC(=O)OC. The van der Waals surface area contributed by atoms with Crippen molar-refractivity contribution < 1.29 is 28.5 Å². The molecule has 0 bridgehead atoms. The summed E-state index contributed by atoms with van der Waals surface area (Å²) in [5.41, 5.74) is 0. The largest absolute Gasteiger partial charge is 0.508 e. The molecule has 0 saturated carbocycles. The third-order valence-electron chi connectivity index (χ3n) is 2.64. The monoisotopic (exact) mass is 258 g/mol. The lowest BCUT2D eigenvalue weighted by molar-refractivity contribution is -0.0510. The van der Waals surface area contributed by atoms with Crippen LogP contribution in [-0.2, 0) is 18.9 Å². The van der Waals surface area contributed by atoms with Gasteiger partial charge in [-0.1, -0.05) is 12.2 Å². The molecule has 0 radical (unpaired) electrons. The lowest BCUT2D eigenvalue weighted by Crippen LogP contribution is -2.35. The van der Waals surface area contributed by atoms with Crippen molar-refractivity contribution in [2.45, 2.75) is 37.9 Å². The summed E-state index contributed by atoms with van der Waals surface area (Å²) in [5.74, 6) is 0. The van der Waals surface area contributed by atoms with Gasteiger partial charge in [0.05, 0.1) is 14.2 Å². The summed E-state index contributed by atoms with van der Waals surface area (Å²) in [6, 6.07) is 0. The summed E-state index contributed by atoms with van der Waals surface area (Å²) in [6.45, 7) is 0. The fourth-order valence-corrected chi connectivity index (χ4v) is 1.72. The summed E-state index contributed by atoms with van der Waals surface area (Å²) < 4.78 is 19.1. The van der Waals surface area contributed by atoms with Crippen molar-refractivity contribution in [1.82, 2.24) is 0 Å². The van der Waals surface area contributed by atoms with Crippen molar-refractivity contribution in [1.29, 1.82) is 0 Å². The molecule has 0 saturated heterocycles. The van der Waals surface area contributed by atoms with Gasteiger partial charge in [-0.15, -0.1) is 0 Å². The van der Waals surface area contributed by atoms with Gasteiger partial charge in [-0.2, -0.15) is 0 Å². The molecular weight excluding hydrogens is 240 g/mol. The second kappa shape index (κ2) is 7.58. The summed E-state index contributed by atoms with van der Waals surface area (Å²) >= 11 is 0. The Hall–Kier alpha value is -1.72. The van der Waals surface area contributed by atoms with Crippen LogP contribution in [0.4, 0.5) is 9.59 Å². The number of hydrogen-bond donors (Lipinski definition) is 0. The Morgan fingerprint density at radius 1 is 1.00 bits per heavy atom. The van der Waals surface area contributed by atoms with Gasteiger partial charge in [0.1, 0.15) is 12.2 Å². The summed E-state index contributed by atoms with van der Waals surface area (Å²) in [6.07, 6.45) is 4.15. The maximum absolute atomic E-state index is 11.1. The summed E-state index contributed by atoms with van der Waals surface area (Å²) in [4.78, 5) is 22.3. The number of methoxy groups -OCH3 is 2. The maximum Gasteiger partial charge on any atom is 0.508 e. The van der Waals surface area contributed by atoms with Crippen LogP contribution in [0.1, 0.15) is 25.7 Å². The van der Waals surface area contributed by atoms with E-state index in [0.29, 0.717) is 12.8 Å². The smallest absolute Gasteiger partial charge is 0.438 e. The van der Waals surface area contributed by atoms with Gasteiger partial charge in [0.15, 0.2) is 0 Å². The van der Waals surface area contributed by atoms with Crippen LogP contribution in [0.2, 0.25) is 0 Å². The van der Waals surface area contributed by atoms with Gasteiger partial charge in [-0.25, -0.2) is 9.59 Å². The second-order valence-electron chi connectivity index (χ2n) is 3.86. The van der Waals surface area contributed by atoms with Crippen molar-refractivity contribution in [3.63, 3.8) is 0 Å². The predicted molar refractivity (Wildman–Crippen MR) is 62.2 cm³/mol. The van der Waals surface area contributed by atoms with Crippen LogP contribution in [0.25, 0.3) is 0 Å². The molecule has 0 amide bonds. The number of rotatable bonds is 2. The van der Waals surface area contributed by atoms with Crippen LogP contribution >= 0.6 is 0 Å². The average molecular weight is 258 g/mol. The van der Waals surface area contributed by atoms with Crippen LogP contribution in [0.15, 0.2) is 12.2 Å². The number of allylic oxidation sites excluding steroid dienone is 1. The molecule has 1 aliphatic carbocycles. The van der Waals surface area contributed by atoms with Gasteiger partial charge >= 0.3 is 12.3 Å². The zero-order chi connectivity index (χ0) is 13.4. The lowest BCUT2D eigenvalue weighted by atomic mass is 10.0. The number of carbonyl (C=O) groups is 2. The highest BCUT2D eigenvalue weighted by molar-refractivity contribution is 5.61. The molecule has 0 fully saturated rings. The Morgan fingerprint density at radius 2 is 1.61 bits per heavy atom. The summed E-state index contributed by atoms with van der Waals surface area (Å²) in [7, 11) is 2.47. The van der Waals surface area contributed by atoms with Crippen molar-refractivity contribution >= 4 is 12.3 Å². The molecule has 2 atom stereocenters. The molecule has 0 N–H and O–H groups in total. The van der Waals surface area contributed by atoms with E-state index in [4.69, 9.17) is 9.47 Å². The molecule has 0 aromatic heterocycles. The van der Waals surface area contributed by atoms with E-state index in [2.05, 4.69) is 9.47 Å². The normalized spacial score (nSPS) is 25.2. The highest BCUT2D eigenvalue weighted by Gasteiger charge is 2.29. The Morgan fingerprint density at radius 3 is 2.22 bits per heavy atom. The zero-order valence-corrected chi connectivity index (χ0v) is 10.6. The van der Waals surface area contributed by atoms with Crippen molar-refractivity contribution in [2.75, 3.05) is 14.2 Å². The molecule has 0 aliphatic heterocycles. The maximum atomic E-state index is 11.1.